The maximum Gasteiger partial charge on any atom is 0.0166 e. The van der Waals surface area contributed by atoms with Crippen LogP contribution in [0.15, 0.2) is 0 Å². The molecule has 0 atom stereocenters. The fourth-order valence-electron chi connectivity index (χ4n) is 4.33. The summed E-state index contributed by atoms with van der Waals surface area (Å²) in [6.07, 6.45) is 12.3. The lowest BCUT2D eigenvalue weighted by Gasteiger charge is -2.39. The Morgan fingerprint density at radius 1 is 0.895 bits per heavy atom. The summed E-state index contributed by atoms with van der Waals surface area (Å²) in [5.41, 5.74) is 6.65. The van der Waals surface area contributed by atoms with Crippen LogP contribution in [0.3, 0.4) is 0 Å². The fraction of sp³-hybridized carbons (Fsp3) is 1.00. The quantitative estimate of drug-likeness (QED) is 0.846. The number of hydrogen-bond acceptors (Lipinski definition) is 3. The molecule has 0 amide bonds. The van der Waals surface area contributed by atoms with Crippen molar-refractivity contribution in [3.05, 3.63) is 0 Å². The van der Waals surface area contributed by atoms with Gasteiger partial charge in [0.1, 0.15) is 0 Å². The lowest BCUT2D eigenvalue weighted by Crippen LogP contribution is -2.51. The third kappa shape index (κ3) is 3.50. The smallest absolute Gasteiger partial charge is 0.0166 e. The second-order valence-corrected chi connectivity index (χ2v) is 7.14. The first-order chi connectivity index (χ1) is 9.25. The van der Waals surface area contributed by atoms with Gasteiger partial charge >= 0.3 is 0 Å². The van der Waals surface area contributed by atoms with Crippen molar-refractivity contribution in [2.45, 2.75) is 69.4 Å². The molecule has 1 heterocycles. The minimum absolute atomic E-state index is 0.183. The van der Waals surface area contributed by atoms with E-state index in [4.69, 9.17) is 5.73 Å². The maximum atomic E-state index is 6.47. The highest BCUT2D eigenvalue weighted by Crippen LogP contribution is 2.30. The van der Waals surface area contributed by atoms with Gasteiger partial charge in [-0.25, -0.2) is 0 Å². The molecule has 110 valence electrons. The van der Waals surface area contributed by atoms with Gasteiger partial charge in [0, 0.05) is 37.8 Å². The van der Waals surface area contributed by atoms with Gasteiger partial charge in [0.25, 0.3) is 0 Å². The molecule has 3 rings (SSSR count). The third-order valence-corrected chi connectivity index (χ3v) is 5.77. The van der Waals surface area contributed by atoms with Crippen molar-refractivity contribution in [2.24, 2.45) is 5.73 Å². The number of nitrogens with two attached hydrogens (primary N) is 1. The van der Waals surface area contributed by atoms with Gasteiger partial charge in [0.15, 0.2) is 0 Å². The first-order valence-electron chi connectivity index (χ1n) is 8.51. The standard InChI is InChI=1S/C16H31N3/c17-16(7-3-4-8-16)9-10-18-11-13-19(14-12-18)15-5-1-2-6-15/h15H,1-14,17H2. The molecule has 0 unspecified atom stereocenters. The van der Waals surface area contributed by atoms with Crippen molar-refractivity contribution in [2.75, 3.05) is 32.7 Å². The first kappa shape index (κ1) is 13.8. The van der Waals surface area contributed by atoms with E-state index < -0.39 is 0 Å². The van der Waals surface area contributed by atoms with Gasteiger partial charge in [-0.1, -0.05) is 25.7 Å². The Bertz CT molecular complexity index is 272. The zero-order chi connectivity index (χ0) is 13.1. The Kier molecular flexibility index (Phi) is 4.45. The van der Waals surface area contributed by atoms with Crippen molar-refractivity contribution in [1.29, 1.82) is 0 Å². The van der Waals surface area contributed by atoms with Gasteiger partial charge in [-0.3, -0.25) is 4.90 Å². The summed E-state index contributed by atoms with van der Waals surface area (Å²) in [5.74, 6) is 0. The molecule has 3 nitrogen and oxygen atoms in total. The molecule has 0 aromatic heterocycles. The predicted octanol–water partition coefficient (Wildman–Crippen LogP) is 2.21. The third-order valence-electron chi connectivity index (χ3n) is 5.77. The average Bonchev–Trinajstić information content (AvgIpc) is 3.09. The molecule has 0 aromatic carbocycles. The zero-order valence-electron chi connectivity index (χ0n) is 12.4. The molecule has 19 heavy (non-hydrogen) atoms. The van der Waals surface area contributed by atoms with Gasteiger partial charge in [-0.05, 0) is 38.6 Å². The summed E-state index contributed by atoms with van der Waals surface area (Å²) in [4.78, 5) is 5.40. The van der Waals surface area contributed by atoms with E-state index in [0.717, 1.165) is 6.04 Å². The SMILES string of the molecule is NC1(CCN2CCN(C3CCCC3)CC2)CCCC1. The van der Waals surface area contributed by atoms with E-state index in [-0.39, 0.29) is 5.54 Å². The van der Waals surface area contributed by atoms with Gasteiger partial charge in [-0.2, -0.15) is 0 Å². The van der Waals surface area contributed by atoms with Crippen molar-refractivity contribution in [3.8, 4) is 0 Å². The molecule has 3 heteroatoms. The summed E-state index contributed by atoms with van der Waals surface area (Å²) in [5, 5.41) is 0. The molecular formula is C16H31N3. The van der Waals surface area contributed by atoms with Gasteiger partial charge in [0.05, 0.1) is 0 Å². The largest absolute Gasteiger partial charge is 0.325 e. The monoisotopic (exact) mass is 265 g/mol. The van der Waals surface area contributed by atoms with Crippen LogP contribution < -0.4 is 5.73 Å². The van der Waals surface area contributed by atoms with E-state index >= 15 is 0 Å². The fourth-order valence-corrected chi connectivity index (χ4v) is 4.33. The van der Waals surface area contributed by atoms with E-state index in [9.17, 15) is 0 Å². The van der Waals surface area contributed by atoms with Crippen LogP contribution in [0.1, 0.15) is 57.8 Å². The molecule has 3 fully saturated rings. The Hall–Kier alpha value is -0.120. The Balaban J connectivity index is 1.38. The molecule has 1 aliphatic heterocycles. The van der Waals surface area contributed by atoms with E-state index in [1.807, 2.05) is 0 Å². The minimum atomic E-state index is 0.183. The average molecular weight is 265 g/mol. The Morgan fingerprint density at radius 2 is 1.53 bits per heavy atom. The van der Waals surface area contributed by atoms with Crippen LogP contribution in [0.25, 0.3) is 0 Å². The highest BCUT2D eigenvalue weighted by molar-refractivity contribution is 4.90. The van der Waals surface area contributed by atoms with Gasteiger partial charge in [0.2, 0.25) is 0 Å². The summed E-state index contributed by atoms with van der Waals surface area (Å²) in [6.45, 7) is 6.36. The lowest BCUT2D eigenvalue weighted by atomic mass is 9.94. The van der Waals surface area contributed by atoms with Crippen molar-refractivity contribution < 1.29 is 0 Å². The molecular weight excluding hydrogens is 234 g/mol. The summed E-state index contributed by atoms with van der Waals surface area (Å²) < 4.78 is 0. The molecule has 0 bridgehead atoms. The van der Waals surface area contributed by atoms with Gasteiger partial charge < -0.3 is 10.6 Å². The van der Waals surface area contributed by atoms with Crippen LogP contribution in [0, 0.1) is 0 Å². The second-order valence-electron chi connectivity index (χ2n) is 7.14. The summed E-state index contributed by atoms with van der Waals surface area (Å²) >= 11 is 0. The van der Waals surface area contributed by atoms with Crippen LogP contribution in [0.5, 0.6) is 0 Å². The first-order valence-corrected chi connectivity index (χ1v) is 8.51. The second kappa shape index (κ2) is 6.11. The maximum absolute atomic E-state index is 6.47. The zero-order valence-corrected chi connectivity index (χ0v) is 12.4. The Labute approximate surface area is 118 Å². The summed E-state index contributed by atoms with van der Waals surface area (Å²) in [7, 11) is 0. The molecule has 0 aromatic rings. The van der Waals surface area contributed by atoms with Crippen molar-refractivity contribution in [3.63, 3.8) is 0 Å². The summed E-state index contributed by atoms with van der Waals surface area (Å²) in [6, 6.07) is 0.915. The normalized spacial score (nSPS) is 30.2. The van der Waals surface area contributed by atoms with Crippen LogP contribution in [0.4, 0.5) is 0 Å². The van der Waals surface area contributed by atoms with Crippen molar-refractivity contribution in [1.82, 2.24) is 9.80 Å². The van der Waals surface area contributed by atoms with Crippen molar-refractivity contribution >= 4 is 0 Å². The van der Waals surface area contributed by atoms with Gasteiger partial charge in [-0.15, -0.1) is 0 Å². The molecule has 0 spiro atoms. The number of piperazine rings is 1. The number of nitrogens with zero attached hydrogens (tertiary/aromatic N) is 2. The minimum Gasteiger partial charge on any atom is -0.325 e. The topological polar surface area (TPSA) is 32.5 Å². The molecule has 2 N–H and O–H groups in total. The van der Waals surface area contributed by atoms with E-state index in [2.05, 4.69) is 9.80 Å². The molecule has 0 radical (unpaired) electrons. The van der Waals surface area contributed by atoms with E-state index in [0.29, 0.717) is 0 Å². The van der Waals surface area contributed by atoms with Crippen LogP contribution >= 0.6 is 0 Å². The highest BCUT2D eigenvalue weighted by atomic mass is 15.3. The van der Waals surface area contributed by atoms with Crippen LogP contribution in [-0.4, -0.2) is 54.1 Å². The highest BCUT2D eigenvalue weighted by Gasteiger charge is 2.31. The van der Waals surface area contributed by atoms with E-state index in [1.54, 1.807) is 0 Å². The number of rotatable bonds is 4. The molecule has 2 saturated carbocycles. The lowest BCUT2D eigenvalue weighted by molar-refractivity contribution is 0.0926. The molecule has 3 aliphatic rings. The Morgan fingerprint density at radius 3 is 2.16 bits per heavy atom. The van der Waals surface area contributed by atoms with Crippen LogP contribution in [-0.2, 0) is 0 Å². The van der Waals surface area contributed by atoms with E-state index in [1.165, 1.54) is 90.5 Å². The predicted molar refractivity (Wildman–Crippen MR) is 80.3 cm³/mol. The number of hydrogen-bond donors (Lipinski definition) is 1. The molecule has 2 aliphatic carbocycles. The van der Waals surface area contributed by atoms with Crippen LogP contribution in [0.2, 0.25) is 0 Å². The molecule has 1 saturated heterocycles.